The topological polar surface area (TPSA) is 52.6 Å². The molecule has 4 nitrogen and oxygen atoms in total. The fourth-order valence-corrected chi connectivity index (χ4v) is 2.62. The molecule has 2 aliphatic rings. The molecule has 5 heteroatoms. The van der Waals surface area contributed by atoms with Gasteiger partial charge in [-0.1, -0.05) is 12.8 Å². The lowest BCUT2D eigenvalue weighted by Crippen LogP contribution is -2.45. The van der Waals surface area contributed by atoms with Crippen molar-refractivity contribution >= 4 is 18.3 Å². The van der Waals surface area contributed by atoms with Crippen molar-refractivity contribution < 1.29 is 9.90 Å². The van der Waals surface area contributed by atoms with Crippen LogP contribution in [-0.2, 0) is 4.79 Å². The van der Waals surface area contributed by atoms with Gasteiger partial charge in [0.2, 0.25) is 5.91 Å². The minimum atomic E-state index is -0.351. The summed E-state index contributed by atoms with van der Waals surface area (Å²) in [5, 5.41) is 12.4. The second-order valence-corrected chi connectivity index (χ2v) is 4.74. The van der Waals surface area contributed by atoms with Crippen molar-refractivity contribution in [1.29, 1.82) is 0 Å². The van der Waals surface area contributed by atoms with Crippen molar-refractivity contribution in [2.45, 2.75) is 50.3 Å². The Kier molecular flexibility index (Phi) is 5.02. The number of hydrogen-bond acceptors (Lipinski definition) is 3. The molecule has 2 N–H and O–H groups in total. The average Bonchev–Trinajstić information content (AvgIpc) is 2.85. The van der Waals surface area contributed by atoms with Crippen LogP contribution in [0.2, 0.25) is 0 Å². The largest absolute Gasteiger partial charge is 0.392 e. The van der Waals surface area contributed by atoms with Crippen LogP contribution in [0.25, 0.3) is 0 Å². The smallest absolute Gasteiger partial charge is 0.239 e. The van der Waals surface area contributed by atoms with E-state index in [2.05, 4.69) is 5.32 Å². The van der Waals surface area contributed by atoms with Gasteiger partial charge in [0, 0.05) is 19.6 Å². The molecule has 2 atom stereocenters. The number of carbonyl (C=O) groups is 1. The molecule has 0 spiro atoms. The van der Waals surface area contributed by atoms with Gasteiger partial charge >= 0.3 is 0 Å². The minimum absolute atomic E-state index is 0. The maximum absolute atomic E-state index is 12.0. The fourth-order valence-electron chi connectivity index (χ4n) is 2.62. The number of aliphatic hydroxyl groups excluding tert-OH is 1. The Bertz CT molecular complexity index is 244. The predicted molar refractivity (Wildman–Crippen MR) is 64.7 cm³/mol. The van der Waals surface area contributed by atoms with Crippen molar-refractivity contribution in [2.75, 3.05) is 13.6 Å². The molecule has 1 saturated heterocycles. The summed E-state index contributed by atoms with van der Waals surface area (Å²) in [5.74, 6) is 0.151. The predicted octanol–water partition coefficient (Wildman–Crippen LogP) is 0.532. The third-order valence-corrected chi connectivity index (χ3v) is 3.63. The summed E-state index contributed by atoms with van der Waals surface area (Å²) in [6, 6.07) is 0.266. The number of halogens is 1. The number of nitrogens with zero attached hydrogens (tertiary/aromatic N) is 1. The number of hydrogen-bond donors (Lipinski definition) is 2. The third kappa shape index (κ3) is 2.87. The molecular formula is C11H21ClN2O2. The summed E-state index contributed by atoms with van der Waals surface area (Å²) in [6.07, 6.45) is 4.97. The molecular weight excluding hydrogens is 228 g/mol. The highest BCUT2D eigenvalue weighted by molar-refractivity contribution is 5.85. The molecule has 0 aromatic carbocycles. The van der Waals surface area contributed by atoms with Gasteiger partial charge in [-0.05, 0) is 19.3 Å². The van der Waals surface area contributed by atoms with E-state index in [0.717, 1.165) is 12.8 Å². The van der Waals surface area contributed by atoms with Crippen molar-refractivity contribution in [3.05, 3.63) is 0 Å². The number of carbonyl (C=O) groups excluding carboxylic acids is 1. The highest BCUT2D eigenvalue weighted by Gasteiger charge is 2.33. The molecule has 2 fully saturated rings. The quantitative estimate of drug-likeness (QED) is 0.750. The molecule has 94 valence electrons. The van der Waals surface area contributed by atoms with Gasteiger partial charge in [0.1, 0.15) is 0 Å². The van der Waals surface area contributed by atoms with Crippen molar-refractivity contribution in [2.24, 2.45) is 0 Å². The molecule has 2 rings (SSSR count). The van der Waals surface area contributed by atoms with Gasteiger partial charge in [0.25, 0.3) is 0 Å². The number of nitrogens with one attached hydrogen (secondary N) is 1. The first kappa shape index (κ1) is 13.7. The van der Waals surface area contributed by atoms with Crippen molar-refractivity contribution in [3.8, 4) is 0 Å². The first-order valence-electron chi connectivity index (χ1n) is 5.86. The van der Waals surface area contributed by atoms with E-state index >= 15 is 0 Å². The van der Waals surface area contributed by atoms with Gasteiger partial charge in [-0.15, -0.1) is 12.4 Å². The Morgan fingerprint density at radius 1 is 1.38 bits per heavy atom. The van der Waals surface area contributed by atoms with Crippen LogP contribution in [0, 0.1) is 0 Å². The molecule has 0 aromatic rings. The van der Waals surface area contributed by atoms with Crippen LogP contribution < -0.4 is 5.32 Å². The summed E-state index contributed by atoms with van der Waals surface area (Å²) in [7, 11) is 1.89. The monoisotopic (exact) mass is 248 g/mol. The molecule has 0 bridgehead atoms. The summed E-state index contributed by atoms with van der Waals surface area (Å²) in [6.45, 7) is 0.551. The van der Waals surface area contributed by atoms with Crippen LogP contribution >= 0.6 is 12.4 Å². The molecule has 1 heterocycles. The van der Waals surface area contributed by atoms with E-state index in [1.54, 1.807) is 0 Å². The zero-order valence-corrected chi connectivity index (χ0v) is 10.5. The van der Waals surface area contributed by atoms with Gasteiger partial charge in [-0.2, -0.15) is 0 Å². The van der Waals surface area contributed by atoms with Gasteiger partial charge in [-0.25, -0.2) is 0 Å². The lowest BCUT2D eigenvalue weighted by atomic mass is 10.1. The summed E-state index contributed by atoms with van der Waals surface area (Å²) < 4.78 is 0. The van der Waals surface area contributed by atoms with Crippen LogP contribution in [0.1, 0.15) is 32.1 Å². The van der Waals surface area contributed by atoms with E-state index in [4.69, 9.17) is 0 Å². The summed E-state index contributed by atoms with van der Waals surface area (Å²) in [4.78, 5) is 13.9. The van der Waals surface area contributed by atoms with Gasteiger partial charge in [0.15, 0.2) is 0 Å². The van der Waals surface area contributed by atoms with E-state index in [0.29, 0.717) is 19.0 Å². The summed E-state index contributed by atoms with van der Waals surface area (Å²) in [5.41, 5.74) is 0. The molecule has 0 aromatic heterocycles. The van der Waals surface area contributed by atoms with Crippen molar-refractivity contribution in [1.82, 2.24) is 10.2 Å². The number of rotatable bonds is 2. The Hall–Kier alpha value is -0.320. The maximum Gasteiger partial charge on any atom is 0.239 e. The van der Waals surface area contributed by atoms with Crippen LogP contribution in [0.15, 0.2) is 0 Å². The fraction of sp³-hybridized carbons (Fsp3) is 0.909. The molecule has 16 heavy (non-hydrogen) atoms. The van der Waals surface area contributed by atoms with Crippen LogP contribution in [0.5, 0.6) is 0 Å². The lowest BCUT2D eigenvalue weighted by Gasteiger charge is -2.27. The molecule has 1 aliphatic heterocycles. The normalized spacial score (nSPS) is 30.1. The molecule has 1 aliphatic carbocycles. The Morgan fingerprint density at radius 3 is 2.50 bits per heavy atom. The second-order valence-electron chi connectivity index (χ2n) is 4.74. The van der Waals surface area contributed by atoms with E-state index in [9.17, 15) is 9.90 Å². The number of likely N-dealkylation sites (N-methyl/N-ethyl adjacent to an activating group) is 1. The van der Waals surface area contributed by atoms with E-state index in [1.807, 2.05) is 11.9 Å². The SMILES string of the molecule is CN(C(=O)[C@H]1C[C@@H](O)CN1)C1CCCC1.Cl. The van der Waals surface area contributed by atoms with E-state index in [1.165, 1.54) is 12.8 Å². The standard InChI is InChI=1S/C11H20N2O2.ClH/c1-13(8-4-2-3-5-8)11(15)10-6-9(14)7-12-10;/h8-10,12,14H,2-7H2,1H3;1H/t9-,10-;/m1./s1. The van der Waals surface area contributed by atoms with Crippen LogP contribution in [0.4, 0.5) is 0 Å². The van der Waals surface area contributed by atoms with Crippen LogP contribution in [-0.4, -0.2) is 47.7 Å². The van der Waals surface area contributed by atoms with Gasteiger partial charge < -0.3 is 15.3 Å². The van der Waals surface area contributed by atoms with Crippen LogP contribution in [0.3, 0.4) is 0 Å². The zero-order chi connectivity index (χ0) is 10.8. The molecule has 1 amide bonds. The first-order chi connectivity index (χ1) is 7.18. The number of β-amino-alcohol motifs (C(OH)–C–C–N with tert-alkyl or cyclic N) is 1. The molecule has 0 unspecified atom stereocenters. The summed E-state index contributed by atoms with van der Waals surface area (Å²) >= 11 is 0. The minimum Gasteiger partial charge on any atom is -0.392 e. The van der Waals surface area contributed by atoms with Crippen molar-refractivity contribution in [3.63, 3.8) is 0 Å². The highest BCUT2D eigenvalue weighted by Crippen LogP contribution is 2.23. The zero-order valence-electron chi connectivity index (χ0n) is 9.69. The lowest BCUT2D eigenvalue weighted by molar-refractivity contribution is -0.133. The molecule has 0 radical (unpaired) electrons. The Labute approximate surface area is 103 Å². The maximum atomic E-state index is 12.0. The van der Waals surface area contributed by atoms with E-state index < -0.39 is 0 Å². The Morgan fingerprint density at radius 2 is 2.00 bits per heavy atom. The average molecular weight is 249 g/mol. The number of amides is 1. The first-order valence-corrected chi connectivity index (χ1v) is 5.86. The Balaban J connectivity index is 0.00000128. The van der Waals surface area contributed by atoms with E-state index in [-0.39, 0.29) is 30.5 Å². The highest BCUT2D eigenvalue weighted by atomic mass is 35.5. The molecule has 1 saturated carbocycles. The third-order valence-electron chi connectivity index (χ3n) is 3.63. The number of aliphatic hydroxyl groups is 1. The van der Waals surface area contributed by atoms with Gasteiger partial charge in [0.05, 0.1) is 12.1 Å². The van der Waals surface area contributed by atoms with Gasteiger partial charge in [-0.3, -0.25) is 4.79 Å². The second kappa shape index (κ2) is 5.84.